The van der Waals surface area contributed by atoms with Gasteiger partial charge in [0, 0.05) is 26.2 Å². The van der Waals surface area contributed by atoms with Crippen molar-refractivity contribution in [3.05, 3.63) is 35.4 Å². The number of rotatable bonds is 3. The Morgan fingerprint density at radius 3 is 2.70 bits per heavy atom. The molecule has 0 N–H and O–H groups in total. The van der Waals surface area contributed by atoms with Crippen molar-refractivity contribution in [2.75, 3.05) is 20.1 Å². The van der Waals surface area contributed by atoms with E-state index in [0.29, 0.717) is 0 Å². The van der Waals surface area contributed by atoms with Crippen LogP contribution >= 0.6 is 0 Å². The van der Waals surface area contributed by atoms with E-state index in [1.165, 1.54) is 11.1 Å². The van der Waals surface area contributed by atoms with E-state index in [2.05, 4.69) is 36.1 Å². The van der Waals surface area contributed by atoms with Gasteiger partial charge in [0.2, 0.25) is 0 Å². The third kappa shape index (κ3) is 5.24. The van der Waals surface area contributed by atoms with E-state index in [0.717, 1.165) is 32.5 Å². The fourth-order valence-electron chi connectivity index (χ4n) is 3.00. The molecular formula is C19H30N2O2. The first-order valence-electron chi connectivity index (χ1n) is 8.49. The van der Waals surface area contributed by atoms with Crippen LogP contribution in [0.1, 0.15) is 44.7 Å². The normalized spacial score (nSPS) is 19.4. The second-order valence-electron chi connectivity index (χ2n) is 7.55. The molecule has 23 heavy (non-hydrogen) atoms. The summed E-state index contributed by atoms with van der Waals surface area (Å²) in [5, 5.41) is 0. The van der Waals surface area contributed by atoms with Crippen molar-refractivity contribution in [3.63, 3.8) is 0 Å². The molecule has 1 amide bonds. The number of carbonyl (C=O) groups excluding carboxylic acids is 1. The Kier molecular flexibility index (Phi) is 5.69. The molecular weight excluding hydrogens is 288 g/mol. The highest BCUT2D eigenvalue weighted by atomic mass is 16.6. The fourth-order valence-corrected chi connectivity index (χ4v) is 3.00. The molecule has 1 aliphatic heterocycles. The van der Waals surface area contributed by atoms with Crippen molar-refractivity contribution in [1.29, 1.82) is 0 Å². The molecule has 1 saturated heterocycles. The molecule has 0 radical (unpaired) electrons. The maximum Gasteiger partial charge on any atom is 0.410 e. The highest BCUT2D eigenvalue weighted by molar-refractivity contribution is 5.68. The monoisotopic (exact) mass is 318 g/mol. The minimum absolute atomic E-state index is 0.222. The average molecular weight is 318 g/mol. The zero-order valence-corrected chi connectivity index (χ0v) is 15.1. The van der Waals surface area contributed by atoms with E-state index in [1.807, 2.05) is 27.8 Å². The first-order valence-corrected chi connectivity index (χ1v) is 8.49. The van der Waals surface area contributed by atoms with Gasteiger partial charge < -0.3 is 9.64 Å². The summed E-state index contributed by atoms with van der Waals surface area (Å²) >= 11 is 0. The minimum atomic E-state index is -0.444. The highest BCUT2D eigenvalue weighted by Crippen LogP contribution is 2.20. The van der Waals surface area contributed by atoms with Crippen LogP contribution in [0.3, 0.4) is 0 Å². The number of ether oxygens (including phenoxy) is 1. The summed E-state index contributed by atoms with van der Waals surface area (Å²) in [5.41, 5.74) is 2.25. The fraction of sp³-hybridized carbons (Fsp3) is 0.632. The van der Waals surface area contributed by atoms with Crippen LogP contribution in [0, 0.1) is 6.92 Å². The van der Waals surface area contributed by atoms with Gasteiger partial charge in [0.1, 0.15) is 5.60 Å². The number of likely N-dealkylation sites (N-methyl/N-ethyl adjacent to an activating group) is 1. The number of piperidine rings is 1. The van der Waals surface area contributed by atoms with E-state index < -0.39 is 5.60 Å². The van der Waals surface area contributed by atoms with Gasteiger partial charge in [0.05, 0.1) is 0 Å². The van der Waals surface area contributed by atoms with Gasteiger partial charge in [-0.05, 0) is 58.2 Å². The number of likely N-dealkylation sites (tertiary alicyclic amines) is 1. The molecule has 128 valence electrons. The Morgan fingerprint density at radius 2 is 2.04 bits per heavy atom. The van der Waals surface area contributed by atoms with E-state index in [9.17, 15) is 4.79 Å². The summed E-state index contributed by atoms with van der Waals surface area (Å²) in [6.07, 6.45) is 1.93. The summed E-state index contributed by atoms with van der Waals surface area (Å²) in [7, 11) is 1.86. The van der Waals surface area contributed by atoms with Crippen molar-refractivity contribution in [2.24, 2.45) is 0 Å². The molecule has 1 aliphatic rings. The molecule has 4 nitrogen and oxygen atoms in total. The average Bonchev–Trinajstić information content (AvgIpc) is 2.47. The standard InChI is InChI=1S/C19H30N2O2/c1-15-9-6-7-10-16(15)13-21-12-8-11-17(14-21)20(5)18(22)23-19(2,3)4/h6-7,9-10,17H,8,11-14H2,1-5H3. The maximum atomic E-state index is 12.3. The molecule has 2 rings (SSSR count). The highest BCUT2D eigenvalue weighted by Gasteiger charge is 2.29. The van der Waals surface area contributed by atoms with Gasteiger partial charge in [-0.15, -0.1) is 0 Å². The molecule has 4 heteroatoms. The molecule has 0 aliphatic carbocycles. The lowest BCUT2D eigenvalue weighted by Gasteiger charge is -2.38. The van der Waals surface area contributed by atoms with Gasteiger partial charge in [0.15, 0.2) is 0 Å². The van der Waals surface area contributed by atoms with E-state index >= 15 is 0 Å². The first-order chi connectivity index (χ1) is 10.8. The molecule has 1 atom stereocenters. The molecule has 0 saturated carbocycles. The van der Waals surface area contributed by atoms with Crippen LogP contribution < -0.4 is 0 Å². The van der Waals surface area contributed by atoms with E-state index in [-0.39, 0.29) is 12.1 Å². The number of benzene rings is 1. The van der Waals surface area contributed by atoms with Crippen molar-refractivity contribution >= 4 is 6.09 Å². The van der Waals surface area contributed by atoms with Crippen LogP contribution in [-0.4, -0.2) is 47.7 Å². The largest absolute Gasteiger partial charge is 0.444 e. The zero-order chi connectivity index (χ0) is 17.0. The predicted molar refractivity (Wildman–Crippen MR) is 93.5 cm³/mol. The Morgan fingerprint density at radius 1 is 1.35 bits per heavy atom. The van der Waals surface area contributed by atoms with Crippen molar-refractivity contribution in [1.82, 2.24) is 9.80 Å². The Labute approximate surface area is 140 Å². The van der Waals surface area contributed by atoms with Crippen LogP contribution in [0.25, 0.3) is 0 Å². The third-order valence-corrected chi connectivity index (χ3v) is 4.37. The summed E-state index contributed by atoms with van der Waals surface area (Å²) in [4.78, 5) is 16.5. The number of amides is 1. The van der Waals surface area contributed by atoms with Gasteiger partial charge >= 0.3 is 6.09 Å². The molecule has 1 fully saturated rings. The predicted octanol–water partition coefficient (Wildman–Crippen LogP) is 3.83. The molecule has 1 aromatic rings. The van der Waals surface area contributed by atoms with Gasteiger partial charge in [0.25, 0.3) is 0 Å². The number of hydrogen-bond donors (Lipinski definition) is 0. The zero-order valence-electron chi connectivity index (χ0n) is 15.1. The van der Waals surface area contributed by atoms with Gasteiger partial charge in [-0.25, -0.2) is 4.79 Å². The molecule has 0 spiro atoms. The van der Waals surface area contributed by atoms with Crippen molar-refractivity contribution in [2.45, 2.75) is 58.7 Å². The number of aryl methyl sites for hydroxylation is 1. The molecule has 0 bridgehead atoms. The van der Waals surface area contributed by atoms with Crippen LogP contribution in [0.15, 0.2) is 24.3 Å². The van der Waals surface area contributed by atoms with Crippen molar-refractivity contribution < 1.29 is 9.53 Å². The van der Waals surface area contributed by atoms with Crippen LogP contribution in [0.2, 0.25) is 0 Å². The summed E-state index contributed by atoms with van der Waals surface area (Å²) in [6.45, 7) is 10.8. The summed E-state index contributed by atoms with van der Waals surface area (Å²) < 4.78 is 5.49. The smallest absolute Gasteiger partial charge is 0.410 e. The van der Waals surface area contributed by atoms with Crippen LogP contribution in [0.5, 0.6) is 0 Å². The van der Waals surface area contributed by atoms with E-state index in [1.54, 1.807) is 4.90 Å². The number of nitrogens with zero attached hydrogens (tertiary/aromatic N) is 2. The number of hydrogen-bond acceptors (Lipinski definition) is 3. The second kappa shape index (κ2) is 7.35. The quantitative estimate of drug-likeness (QED) is 0.849. The Balaban J connectivity index is 1.95. The third-order valence-electron chi connectivity index (χ3n) is 4.37. The SMILES string of the molecule is Cc1ccccc1CN1CCCC(N(C)C(=O)OC(C)(C)C)C1. The topological polar surface area (TPSA) is 32.8 Å². The second-order valence-corrected chi connectivity index (χ2v) is 7.55. The van der Waals surface area contributed by atoms with Crippen molar-refractivity contribution in [3.8, 4) is 0 Å². The molecule has 1 heterocycles. The molecule has 0 aromatic heterocycles. The van der Waals surface area contributed by atoms with Crippen LogP contribution in [-0.2, 0) is 11.3 Å². The Bertz CT molecular complexity index is 536. The van der Waals surface area contributed by atoms with E-state index in [4.69, 9.17) is 4.74 Å². The minimum Gasteiger partial charge on any atom is -0.444 e. The summed E-state index contributed by atoms with van der Waals surface area (Å²) in [6, 6.07) is 8.74. The van der Waals surface area contributed by atoms with Crippen LogP contribution in [0.4, 0.5) is 4.79 Å². The molecule has 1 aromatic carbocycles. The lowest BCUT2D eigenvalue weighted by molar-refractivity contribution is 0.0130. The lowest BCUT2D eigenvalue weighted by atomic mass is 10.0. The Hall–Kier alpha value is -1.55. The van der Waals surface area contributed by atoms with Gasteiger partial charge in [-0.2, -0.15) is 0 Å². The summed E-state index contributed by atoms with van der Waals surface area (Å²) in [5.74, 6) is 0. The maximum absolute atomic E-state index is 12.3. The van der Waals surface area contributed by atoms with Gasteiger partial charge in [-0.3, -0.25) is 4.90 Å². The lowest BCUT2D eigenvalue weighted by Crippen LogP contribution is -2.49. The first kappa shape index (κ1) is 17.8. The number of carbonyl (C=O) groups is 1. The molecule has 1 unspecified atom stereocenters. The van der Waals surface area contributed by atoms with Gasteiger partial charge in [-0.1, -0.05) is 24.3 Å².